The van der Waals surface area contributed by atoms with Gasteiger partial charge in [0, 0.05) is 6.04 Å². The van der Waals surface area contributed by atoms with E-state index in [-0.39, 0.29) is 12.0 Å². The molecule has 0 amide bonds. The van der Waals surface area contributed by atoms with E-state index in [1.807, 2.05) is 0 Å². The Labute approximate surface area is 92.4 Å². The molecule has 4 nitrogen and oxygen atoms in total. The Hall–Kier alpha value is -1.93. The molecule has 0 radical (unpaired) electrons. The summed E-state index contributed by atoms with van der Waals surface area (Å²) in [6, 6.07) is 5.09. The highest BCUT2D eigenvalue weighted by Gasteiger charge is 2.13. The van der Waals surface area contributed by atoms with Crippen LogP contribution in [0.25, 0.3) is 0 Å². The summed E-state index contributed by atoms with van der Waals surface area (Å²) in [5, 5.41) is 8.54. The van der Waals surface area contributed by atoms with Gasteiger partial charge >= 0.3 is 5.97 Å². The Kier molecular flexibility index (Phi) is 3.97. The second-order valence-corrected chi connectivity index (χ2v) is 3.24. The molecule has 0 aliphatic heterocycles. The van der Waals surface area contributed by atoms with Crippen LogP contribution in [0.15, 0.2) is 18.2 Å². The maximum Gasteiger partial charge on any atom is 0.307 e. The van der Waals surface area contributed by atoms with Crippen molar-refractivity contribution in [2.75, 3.05) is 7.11 Å². The molecule has 1 atom stereocenters. The van der Waals surface area contributed by atoms with E-state index in [2.05, 4.69) is 4.74 Å². The zero-order chi connectivity index (χ0) is 12.1. The Morgan fingerprint density at radius 1 is 1.69 bits per heavy atom. The number of ether oxygens (including phenoxy) is 1. The van der Waals surface area contributed by atoms with Gasteiger partial charge in [-0.25, -0.2) is 4.39 Å². The minimum Gasteiger partial charge on any atom is -0.469 e. The molecular weight excluding hydrogens is 211 g/mol. The number of esters is 1. The fraction of sp³-hybridized carbons (Fsp3) is 0.273. The highest BCUT2D eigenvalue weighted by Crippen LogP contribution is 2.17. The molecule has 2 N–H and O–H groups in total. The SMILES string of the molecule is COC(=O)CC(N)c1ccc(C#N)c(F)c1. The fourth-order valence-corrected chi connectivity index (χ4v) is 1.23. The molecule has 0 aliphatic carbocycles. The lowest BCUT2D eigenvalue weighted by Crippen LogP contribution is -2.16. The number of rotatable bonds is 3. The van der Waals surface area contributed by atoms with Crippen LogP contribution in [0.4, 0.5) is 4.39 Å². The second kappa shape index (κ2) is 5.24. The third-order valence-electron chi connectivity index (χ3n) is 2.16. The van der Waals surface area contributed by atoms with Crippen molar-refractivity contribution in [3.05, 3.63) is 35.1 Å². The molecule has 0 heterocycles. The summed E-state index contributed by atoms with van der Waals surface area (Å²) in [6.45, 7) is 0. The topological polar surface area (TPSA) is 76.1 Å². The molecule has 1 aromatic rings. The van der Waals surface area contributed by atoms with Crippen LogP contribution < -0.4 is 5.73 Å². The first-order valence-corrected chi connectivity index (χ1v) is 4.60. The third-order valence-corrected chi connectivity index (χ3v) is 2.16. The van der Waals surface area contributed by atoms with E-state index < -0.39 is 17.8 Å². The van der Waals surface area contributed by atoms with Gasteiger partial charge in [0.05, 0.1) is 19.1 Å². The highest BCUT2D eigenvalue weighted by molar-refractivity contribution is 5.70. The molecule has 0 aromatic heterocycles. The Balaban J connectivity index is 2.85. The molecule has 0 aliphatic rings. The van der Waals surface area contributed by atoms with Crippen LogP contribution in [-0.4, -0.2) is 13.1 Å². The molecule has 16 heavy (non-hydrogen) atoms. The molecule has 1 unspecified atom stereocenters. The van der Waals surface area contributed by atoms with Crippen LogP contribution in [0.5, 0.6) is 0 Å². The van der Waals surface area contributed by atoms with Gasteiger partial charge < -0.3 is 10.5 Å². The standard InChI is InChI=1S/C11H11FN2O2/c1-16-11(15)5-10(14)7-2-3-8(6-13)9(12)4-7/h2-4,10H,5,14H2,1H3. The van der Waals surface area contributed by atoms with Crippen molar-refractivity contribution in [2.45, 2.75) is 12.5 Å². The summed E-state index contributed by atoms with van der Waals surface area (Å²) >= 11 is 0. The number of nitriles is 1. The van der Waals surface area contributed by atoms with Crippen molar-refractivity contribution >= 4 is 5.97 Å². The summed E-state index contributed by atoms with van der Waals surface area (Å²) < 4.78 is 17.7. The summed E-state index contributed by atoms with van der Waals surface area (Å²) in [5.74, 6) is -1.10. The summed E-state index contributed by atoms with van der Waals surface area (Å²) in [6.07, 6.45) is -0.0260. The van der Waals surface area contributed by atoms with E-state index in [9.17, 15) is 9.18 Å². The number of carbonyl (C=O) groups excluding carboxylic acids is 1. The molecule has 0 saturated heterocycles. The minimum atomic E-state index is -0.639. The van der Waals surface area contributed by atoms with Crippen molar-refractivity contribution in [3.63, 3.8) is 0 Å². The molecule has 5 heteroatoms. The monoisotopic (exact) mass is 222 g/mol. The first-order valence-electron chi connectivity index (χ1n) is 4.60. The van der Waals surface area contributed by atoms with Gasteiger partial charge in [0.2, 0.25) is 0 Å². The van der Waals surface area contributed by atoms with E-state index in [4.69, 9.17) is 11.0 Å². The van der Waals surface area contributed by atoms with E-state index in [0.717, 1.165) is 6.07 Å². The maximum absolute atomic E-state index is 13.2. The van der Waals surface area contributed by atoms with Crippen molar-refractivity contribution in [1.82, 2.24) is 0 Å². The van der Waals surface area contributed by atoms with Gasteiger partial charge in [0.1, 0.15) is 11.9 Å². The van der Waals surface area contributed by atoms with Gasteiger partial charge in [0.25, 0.3) is 0 Å². The number of halogens is 1. The van der Waals surface area contributed by atoms with Gasteiger partial charge in [-0.2, -0.15) is 5.26 Å². The largest absolute Gasteiger partial charge is 0.469 e. The lowest BCUT2D eigenvalue weighted by molar-refractivity contribution is -0.141. The molecule has 84 valence electrons. The Morgan fingerprint density at radius 3 is 2.88 bits per heavy atom. The van der Waals surface area contributed by atoms with Crippen LogP contribution in [0.1, 0.15) is 23.6 Å². The highest BCUT2D eigenvalue weighted by atomic mass is 19.1. The zero-order valence-electron chi connectivity index (χ0n) is 8.74. The Bertz CT molecular complexity index is 440. The van der Waals surface area contributed by atoms with Crippen molar-refractivity contribution in [3.8, 4) is 6.07 Å². The smallest absolute Gasteiger partial charge is 0.307 e. The Morgan fingerprint density at radius 2 is 2.38 bits per heavy atom. The quantitative estimate of drug-likeness (QED) is 0.781. The summed E-state index contributed by atoms with van der Waals surface area (Å²) in [4.78, 5) is 11.0. The minimum absolute atomic E-state index is 0.0260. The van der Waals surface area contributed by atoms with Gasteiger partial charge in [-0.05, 0) is 17.7 Å². The van der Waals surface area contributed by atoms with Gasteiger partial charge in [-0.15, -0.1) is 0 Å². The van der Waals surface area contributed by atoms with Crippen LogP contribution in [-0.2, 0) is 9.53 Å². The predicted molar refractivity (Wildman–Crippen MR) is 54.7 cm³/mol. The van der Waals surface area contributed by atoms with Crippen LogP contribution >= 0.6 is 0 Å². The van der Waals surface area contributed by atoms with Gasteiger partial charge in [0.15, 0.2) is 0 Å². The van der Waals surface area contributed by atoms with Gasteiger partial charge in [-0.1, -0.05) is 6.07 Å². The zero-order valence-corrected chi connectivity index (χ0v) is 8.74. The van der Waals surface area contributed by atoms with E-state index >= 15 is 0 Å². The average molecular weight is 222 g/mol. The molecule has 0 saturated carbocycles. The van der Waals surface area contributed by atoms with Crippen LogP contribution in [0.3, 0.4) is 0 Å². The van der Waals surface area contributed by atoms with Crippen LogP contribution in [0, 0.1) is 17.1 Å². The first kappa shape index (κ1) is 12.1. The number of nitrogens with zero attached hydrogens (tertiary/aromatic N) is 1. The van der Waals surface area contributed by atoms with Crippen molar-refractivity contribution < 1.29 is 13.9 Å². The molecule has 0 bridgehead atoms. The van der Waals surface area contributed by atoms with E-state index in [1.165, 1.54) is 19.2 Å². The lowest BCUT2D eigenvalue weighted by Gasteiger charge is -2.10. The van der Waals surface area contributed by atoms with Crippen LogP contribution in [0.2, 0.25) is 0 Å². The summed E-state index contributed by atoms with van der Waals surface area (Å²) in [5.41, 5.74) is 6.09. The van der Waals surface area contributed by atoms with Gasteiger partial charge in [-0.3, -0.25) is 4.79 Å². The summed E-state index contributed by atoms with van der Waals surface area (Å²) in [7, 11) is 1.26. The molecule has 1 aromatic carbocycles. The van der Waals surface area contributed by atoms with E-state index in [1.54, 1.807) is 6.07 Å². The molecule has 1 rings (SSSR count). The van der Waals surface area contributed by atoms with E-state index in [0.29, 0.717) is 5.56 Å². The maximum atomic E-state index is 13.2. The first-order chi connectivity index (χ1) is 7.58. The van der Waals surface area contributed by atoms with Crippen molar-refractivity contribution in [2.24, 2.45) is 5.73 Å². The number of carbonyl (C=O) groups is 1. The predicted octanol–water partition coefficient (Wildman–Crippen LogP) is 1.26. The third kappa shape index (κ3) is 2.78. The van der Waals surface area contributed by atoms with Crippen molar-refractivity contribution in [1.29, 1.82) is 5.26 Å². The number of nitrogens with two attached hydrogens (primary N) is 1. The number of hydrogen-bond acceptors (Lipinski definition) is 4. The number of methoxy groups -OCH3 is 1. The molecular formula is C11H11FN2O2. The lowest BCUT2D eigenvalue weighted by atomic mass is 10.0. The fourth-order valence-electron chi connectivity index (χ4n) is 1.23. The molecule has 0 fully saturated rings. The molecule has 0 spiro atoms. The average Bonchev–Trinajstić information content (AvgIpc) is 2.28. The number of benzene rings is 1. The number of hydrogen-bond donors (Lipinski definition) is 1. The second-order valence-electron chi connectivity index (χ2n) is 3.24. The normalized spacial score (nSPS) is 11.6.